The molecular weight excluding hydrogens is 348 g/mol. The summed E-state index contributed by atoms with van der Waals surface area (Å²) in [6.45, 7) is 8.02. The van der Waals surface area contributed by atoms with E-state index in [0.29, 0.717) is 12.1 Å². The average Bonchev–Trinajstić information content (AvgIpc) is 3.06. The number of amides is 3. The molecule has 2 aromatic rings. The first kappa shape index (κ1) is 20.4. The summed E-state index contributed by atoms with van der Waals surface area (Å²) in [5.74, 6) is -0.482. The second-order valence-corrected chi connectivity index (χ2v) is 6.99. The molecule has 0 aliphatic heterocycles. The Balaban J connectivity index is 1.95. The monoisotopic (exact) mass is 374 g/mol. The molecule has 9 heteroatoms. The van der Waals surface area contributed by atoms with Crippen molar-refractivity contribution in [1.29, 1.82) is 0 Å². The van der Waals surface area contributed by atoms with E-state index in [1.807, 2.05) is 39.8 Å². The minimum Gasteiger partial charge on any atom is -0.332 e. The maximum atomic E-state index is 12.1. The highest BCUT2D eigenvalue weighted by molar-refractivity contribution is 5.86. The van der Waals surface area contributed by atoms with Crippen LogP contribution in [0.25, 0.3) is 5.69 Å². The highest BCUT2D eigenvalue weighted by Crippen LogP contribution is 2.13. The van der Waals surface area contributed by atoms with E-state index in [9.17, 15) is 9.59 Å². The Bertz CT molecular complexity index is 782. The first-order valence-corrected chi connectivity index (χ1v) is 8.76. The van der Waals surface area contributed by atoms with E-state index in [1.165, 1.54) is 0 Å². The molecule has 1 heterocycles. The third-order valence-electron chi connectivity index (χ3n) is 3.88. The molecule has 0 fully saturated rings. The SMILES string of the molecule is Cc1cc(C)cc(-n2cc(CNC(=O)N[C@@H](CC(C)C)C(=O)NO)nn2)c1. The minimum absolute atomic E-state index is 0.159. The van der Waals surface area contributed by atoms with E-state index >= 15 is 0 Å². The summed E-state index contributed by atoms with van der Waals surface area (Å²) in [6.07, 6.45) is 2.14. The second-order valence-electron chi connectivity index (χ2n) is 6.99. The zero-order chi connectivity index (χ0) is 20.0. The molecule has 9 nitrogen and oxygen atoms in total. The third kappa shape index (κ3) is 6.07. The smallest absolute Gasteiger partial charge is 0.315 e. The molecule has 1 atom stereocenters. The number of hydrogen-bond donors (Lipinski definition) is 4. The van der Waals surface area contributed by atoms with E-state index in [0.717, 1.165) is 16.8 Å². The van der Waals surface area contributed by atoms with Crippen molar-refractivity contribution in [2.75, 3.05) is 0 Å². The summed E-state index contributed by atoms with van der Waals surface area (Å²) in [6, 6.07) is 4.72. The number of nitrogens with one attached hydrogen (secondary N) is 3. The van der Waals surface area contributed by atoms with Gasteiger partial charge in [-0.15, -0.1) is 5.10 Å². The Morgan fingerprint density at radius 3 is 2.44 bits per heavy atom. The quantitative estimate of drug-likeness (QED) is 0.433. The lowest BCUT2D eigenvalue weighted by Crippen LogP contribution is -2.49. The first-order chi connectivity index (χ1) is 12.8. The van der Waals surface area contributed by atoms with Gasteiger partial charge in [-0.2, -0.15) is 0 Å². The van der Waals surface area contributed by atoms with Gasteiger partial charge in [0.2, 0.25) is 0 Å². The molecule has 27 heavy (non-hydrogen) atoms. The molecule has 1 aromatic carbocycles. The topological polar surface area (TPSA) is 121 Å². The van der Waals surface area contributed by atoms with Gasteiger partial charge in [-0.3, -0.25) is 10.0 Å². The summed E-state index contributed by atoms with van der Waals surface area (Å²) in [5, 5.41) is 22.1. The number of hydrogen-bond acceptors (Lipinski definition) is 5. The van der Waals surface area contributed by atoms with Crippen LogP contribution in [0.3, 0.4) is 0 Å². The van der Waals surface area contributed by atoms with E-state index in [1.54, 1.807) is 16.4 Å². The Hall–Kier alpha value is -2.94. The van der Waals surface area contributed by atoms with Crippen molar-refractivity contribution in [2.24, 2.45) is 5.92 Å². The summed E-state index contributed by atoms with van der Waals surface area (Å²) in [7, 11) is 0. The normalized spacial score (nSPS) is 11.9. The predicted octanol–water partition coefficient (Wildman–Crippen LogP) is 1.60. The van der Waals surface area contributed by atoms with Crippen LogP contribution in [0.4, 0.5) is 4.79 Å². The van der Waals surface area contributed by atoms with Gasteiger partial charge >= 0.3 is 6.03 Å². The van der Waals surface area contributed by atoms with Crippen molar-refractivity contribution in [3.05, 3.63) is 41.2 Å². The summed E-state index contributed by atoms with van der Waals surface area (Å²) < 4.78 is 1.65. The number of urea groups is 1. The average molecular weight is 374 g/mol. The molecule has 0 radical (unpaired) electrons. The Kier molecular flexibility index (Phi) is 6.89. The third-order valence-corrected chi connectivity index (χ3v) is 3.88. The Morgan fingerprint density at radius 1 is 1.19 bits per heavy atom. The maximum Gasteiger partial charge on any atom is 0.315 e. The molecule has 2 rings (SSSR count). The summed E-state index contributed by atoms with van der Waals surface area (Å²) in [4.78, 5) is 23.7. The number of nitrogens with zero attached hydrogens (tertiary/aromatic N) is 3. The van der Waals surface area contributed by atoms with Gasteiger partial charge in [-0.05, 0) is 49.4 Å². The Morgan fingerprint density at radius 2 is 1.85 bits per heavy atom. The highest BCUT2D eigenvalue weighted by Gasteiger charge is 2.21. The van der Waals surface area contributed by atoms with E-state index in [2.05, 4.69) is 27.0 Å². The number of carbonyl (C=O) groups is 2. The van der Waals surface area contributed by atoms with Crippen LogP contribution in [0.1, 0.15) is 37.1 Å². The molecule has 0 saturated heterocycles. The molecule has 0 bridgehead atoms. The lowest BCUT2D eigenvalue weighted by atomic mass is 10.0. The maximum absolute atomic E-state index is 12.1. The van der Waals surface area contributed by atoms with Crippen LogP contribution in [-0.4, -0.2) is 38.2 Å². The fraction of sp³-hybridized carbons (Fsp3) is 0.444. The molecule has 4 N–H and O–H groups in total. The van der Waals surface area contributed by atoms with E-state index in [-0.39, 0.29) is 12.5 Å². The van der Waals surface area contributed by atoms with Crippen LogP contribution < -0.4 is 16.1 Å². The van der Waals surface area contributed by atoms with Crippen LogP contribution in [0.2, 0.25) is 0 Å². The number of aryl methyl sites for hydroxylation is 2. The number of carbonyl (C=O) groups excluding carboxylic acids is 2. The van der Waals surface area contributed by atoms with Gasteiger partial charge in [0.05, 0.1) is 18.4 Å². The first-order valence-electron chi connectivity index (χ1n) is 8.76. The van der Waals surface area contributed by atoms with Gasteiger partial charge in [0.15, 0.2) is 0 Å². The summed E-state index contributed by atoms with van der Waals surface area (Å²) >= 11 is 0. The van der Waals surface area contributed by atoms with Crippen molar-refractivity contribution < 1.29 is 14.8 Å². The van der Waals surface area contributed by atoms with Crippen molar-refractivity contribution in [3.8, 4) is 5.69 Å². The number of aromatic nitrogens is 3. The summed E-state index contributed by atoms with van der Waals surface area (Å²) in [5.41, 5.74) is 5.29. The molecule has 0 spiro atoms. The van der Waals surface area contributed by atoms with Crippen molar-refractivity contribution >= 4 is 11.9 Å². The van der Waals surface area contributed by atoms with E-state index in [4.69, 9.17) is 5.21 Å². The van der Waals surface area contributed by atoms with Gasteiger partial charge < -0.3 is 10.6 Å². The highest BCUT2D eigenvalue weighted by atomic mass is 16.5. The largest absolute Gasteiger partial charge is 0.332 e. The number of benzene rings is 1. The van der Waals surface area contributed by atoms with Crippen LogP contribution in [0.15, 0.2) is 24.4 Å². The molecule has 3 amide bonds. The number of hydroxylamine groups is 1. The van der Waals surface area contributed by atoms with Crippen LogP contribution in [-0.2, 0) is 11.3 Å². The zero-order valence-electron chi connectivity index (χ0n) is 16.0. The predicted molar refractivity (Wildman–Crippen MR) is 99.4 cm³/mol. The van der Waals surface area contributed by atoms with Gasteiger partial charge in [0.1, 0.15) is 11.7 Å². The van der Waals surface area contributed by atoms with E-state index < -0.39 is 18.0 Å². The molecule has 146 valence electrons. The second kappa shape index (κ2) is 9.13. The van der Waals surface area contributed by atoms with Crippen LogP contribution in [0.5, 0.6) is 0 Å². The minimum atomic E-state index is -0.819. The Labute approximate surface area is 158 Å². The lowest BCUT2D eigenvalue weighted by Gasteiger charge is -2.18. The van der Waals surface area contributed by atoms with Crippen molar-refractivity contribution in [2.45, 2.75) is 46.7 Å². The molecular formula is C18H26N6O3. The number of rotatable bonds is 7. The molecule has 0 unspecified atom stereocenters. The molecule has 0 aliphatic carbocycles. The molecule has 1 aromatic heterocycles. The van der Waals surface area contributed by atoms with Crippen molar-refractivity contribution in [3.63, 3.8) is 0 Å². The van der Waals surface area contributed by atoms with Gasteiger partial charge in [0.25, 0.3) is 5.91 Å². The molecule has 0 saturated carbocycles. The zero-order valence-corrected chi connectivity index (χ0v) is 16.0. The van der Waals surface area contributed by atoms with Gasteiger partial charge in [-0.1, -0.05) is 25.1 Å². The molecule has 0 aliphatic rings. The van der Waals surface area contributed by atoms with Crippen molar-refractivity contribution in [1.82, 2.24) is 31.1 Å². The van der Waals surface area contributed by atoms with Gasteiger partial charge in [-0.25, -0.2) is 15.0 Å². The van der Waals surface area contributed by atoms with Crippen LogP contribution >= 0.6 is 0 Å². The standard InChI is InChI=1S/C18H26N6O3/c1-11(2)5-16(17(25)22-27)20-18(26)19-9-14-10-24(23-21-14)15-7-12(3)6-13(4)8-15/h6-8,10-11,16,27H,5,9H2,1-4H3,(H,22,25)(H2,19,20,26)/t16-/m0/s1. The fourth-order valence-electron chi connectivity index (χ4n) is 2.75. The van der Waals surface area contributed by atoms with Gasteiger partial charge in [0, 0.05) is 0 Å². The lowest BCUT2D eigenvalue weighted by molar-refractivity contribution is -0.131. The fourth-order valence-corrected chi connectivity index (χ4v) is 2.75. The van der Waals surface area contributed by atoms with Crippen LogP contribution in [0, 0.1) is 19.8 Å².